The molecule has 0 spiro atoms. The van der Waals surface area contributed by atoms with Crippen molar-refractivity contribution in [3.63, 3.8) is 0 Å². The summed E-state index contributed by atoms with van der Waals surface area (Å²) in [5.74, 6) is 1.30. The number of aryl methyl sites for hydroxylation is 1. The quantitative estimate of drug-likeness (QED) is 0.532. The van der Waals surface area contributed by atoms with E-state index in [4.69, 9.17) is 0 Å². The van der Waals surface area contributed by atoms with Gasteiger partial charge in [-0.1, -0.05) is 56.7 Å². The maximum Gasteiger partial charge on any atom is 0.204 e. The Morgan fingerprint density at radius 1 is 1.04 bits per heavy atom. The predicted molar refractivity (Wildman–Crippen MR) is 107 cm³/mol. The minimum atomic E-state index is 0.459. The number of nitrogens with one attached hydrogen (secondary N) is 1. The van der Waals surface area contributed by atoms with Crippen molar-refractivity contribution in [1.82, 2.24) is 25.5 Å². The topological polar surface area (TPSA) is 55.6 Å². The molecule has 2 aromatic heterocycles. The fourth-order valence-electron chi connectivity index (χ4n) is 2.99. The van der Waals surface area contributed by atoms with Crippen molar-refractivity contribution in [2.24, 2.45) is 5.92 Å². The summed E-state index contributed by atoms with van der Waals surface area (Å²) in [5, 5.41) is 18.6. The standard InChI is InChI=1S/C20H27N5S/c1-16(2)19(18-12-9-15-26-18)21-13-7-4-8-14-25-23-20(22-24-25)17-10-5-3-6-11-17/h3,5-6,9-12,15-16,19,21H,4,7-8,13-14H2,1-2H3. The van der Waals surface area contributed by atoms with Gasteiger partial charge < -0.3 is 5.32 Å². The molecule has 6 heteroatoms. The Balaban J connectivity index is 1.36. The lowest BCUT2D eigenvalue weighted by Crippen LogP contribution is -2.26. The van der Waals surface area contributed by atoms with Gasteiger partial charge in [-0.05, 0) is 42.0 Å². The number of rotatable bonds is 10. The lowest BCUT2D eigenvalue weighted by Gasteiger charge is -2.21. The molecule has 138 valence electrons. The Morgan fingerprint density at radius 2 is 1.88 bits per heavy atom. The molecule has 1 N–H and O–H groups in total. The van der Waals surface area contributed by atoms with Crippen molar-refractivity contribution in [2.45, 2.75) is 45.7 Å². The van der Waals surface area contributed by atoms with Crippen LogP contribution >= 0.6 is 11.3 Å². The summed E-state index contributed by atoms with van der Waals surface area (Å²) in [7, 11) is 0. The van der Waals surface area contributed by atoms with E-state index in [0.717, 1.165) is 37.9 Å². The van der Waals surface area contributed by atoms with E-state index in [1.807, 2.05) is 41.7 Å². The van der Waals surface area contributed by atoms with Gasteiger partial charge in [0.15, 0.2) is 0 Å². The molecule has 0 fully saturated rings. The Hall–Kier alpha value is -2.05. The first-order valence-corrected chi connectivity index (χ1v) is 10.2. The predicted octanol–water partition coefficient (Wildman–Crippen LogP) is 4.56. The lowest BCUT2D eigenvalue weighted by atomic mass is 10.0. The van der Waals surface area contributed by atoms with Crippen LogP contribution in [0.5, 0.6) is 0 Å². The number of tetrazole rings is 1. The molecule has 3 rings (SSSR count). The van der Waals surface area contributed by atoms with Gasteiger partial charge >= 0.3 is 0 Å². The molecule has 0 saturated heterocycles. The van der Waals surface area contributed by atoms with Crippen molar-refractivity contribution >= 4 is 11.3 Å². The van der Waals surface area contributed by atoms with Crippen molar-refractivity contribution in [3.05, 3.63) is 52.7 Å². The molecule has 26 heavy (non-hydrogen) atoms. The van der Waals surface area contributed by atoms with Gasteiger partial charge in [0.05, 0.1) is 6.54 Å². The first kappa shape index (κ1) is 18.7. The Kier molecular flexibility index (Phi) is 6.91. The number of benzene rings is 1. The number of hydrogen-bond donors (Lipinski definition) is 1. The normalized spacial score (nSPS) is 12.6. The molecule has 0 radical (unpaired) electrons. The van der Waals surface area contributed by atoms with Gasteiger partial charge in [0.2, 0.25) is 5.82 Å². The molecule has 1 aromatic carbocycles. The van der Waals surface area contributed by atoms with Gasteiger partial charge in [-0.15, -0.1) is 21.5 Å². The van der Waals surface area contributed by atoms with E-state index in [0.29, 0.717) is 17.8 Å². The third-order valence-electron chi connectivity index (χ3n) is 4.40. The lowest BCUT2D eigenvalue weighted by molar-refractivity contribution is 0.405. The van der Waals surface area contributed by atoms with E-state index < -0.39 is 0 Å². The maximum absolute atomic E-state index is 4.46. The molecular weight excluding hydrogens is 342 g/mol. The van der Waals surface area contributed by atoms with Crippen molar-refractivity contribution in [2.75, 3.05) is 6.54 Å². The molecule has 0 bridgehead atoms. The fourth-order valence-corrected chi connectivity index (χ4v) is 3.96. The molecule has 1 unspecified atom stereocenters. The second kappa shape index (κ2) is 9.59. The molecule has 5 nitrogen and oxygen atoms in total. The summed E-state index contributed by atoms with van der Waals surface area (Å²) in [6.45, 7) is 6.41. The first-order chi connectivity index (χ1) is 12.7. The van der Waals surface area contributed by atoms with Crippen molar-refractivity contribution in [3.8, 4) is 11.4 Å². The van der Waals surface area contributed by atoms with E-state index in [9.17, 15) is 0 Å². The van der Waals surface area contributed by atoms with E-state index in [1.54, 1.807) is 4.80 Å². The van der Waals surface area contributed by atoms with Crippen LogP contribution in [0.4, 0.5) is 0 Å². The smallest absolute Gasteiger partial charge is 0.204 e. The number of hydrogen-bond acceptors (Lipinski definition) is 5. The third-order valence-corrected chi connectivity index (χ3v) is 5.36. The number of aromatic nitrogens is 4. The van der Waals surface area contributed by atoms with E-state index in [-0.39, 0.29) is 0 Å². The van der Waals surface area contributed by atoms with Crippen LogP contribution in [0.3, 0.4) is 0 Å². The Morgan fingerprint density at radius 3 is 2.62 bits per heavy atom. The van der Waals surface area contributed by atoms with Gasteiger partial charge in [-0.3, -0.25) is 0 Å². The molecule has 3 aromatic rings. The molecule has 1 atom stereocenters. The van der Waals surface area contributed by atoms with Gasteiger partial charge in [0.1, 0.15) is 0 Å². The highest BCUT2D eigenvalue weighted by Crippen LogP contribution is 2.25. The van der Waals surface area contributed by atoms with E-state index >= 15 is 0 Å². The van der Waals surface area contributed by atoms with Crippen LogP contribution in [0, 0.1) is 5.92 Å². The summed E-state index contributed by atoms with van der Waals surface area (Å²) in [4.78, 5) is 3.14. The molecule has 0 saturated carbocycles. The van der Waals surface area contributed by atoms with Crippen LogP contribution in [0.25, 0.3) is 11.4 Å². The average molecular weight is 370 g/mol. The zero-order valence-electron chi connectivity index (χ0n) is 15.5. The molecule has 0 aliphatic carbocycles. The van der Waals surface area contributed by atoms with Crippen LogP contribution in [0.1, 0.15) is 44.0 Å². The van der Waals surface area contributed by atoms with Crippen LogP contribution in [-0.4, -0.2) is 26.8 Å². The zero-order valence-corrected chi connectivity index (χ0v) is 16.3. The summed E-state index contributed by atoms with van der Waals surface area (Å²) >= 11 is 1.84. The summed E-state index contributed by atoms with van der Waals surface area (Å²) in [6.07, 6.45) is 3.39. The Bertz CT molecular complexity index is 752. The van der Waals surface area contributed by atoms with Gasteiger partial charge in [0.25, 0.3) is 0 Å². The summed E-state index contributed by atoms with van der Waals surface area (Å²) in [6, 6.07) is 14.8. The number of unbranched alkanes of at least 4 members (excludes halogenated alkanes) is 2. The highest BCUT2D eigenvalue weighted by molar-refractivity contribution is 7.10. The average Bonchev–Trinajstić information content (AvgIpc) is 3.33. The molecule has 0 amide bonds. The van der Waals surface area contributed by atoms with Crippen LogP contribution in [0.2, 0.25) is 0 Å². The summed E-state index contributed by atoms with van der Waals surface area (Å²) < 4.78 is 0. The van der Waals surface area contributed by atoms with E-state index in [1.165, 1.54) is 4.88 Å². The minimum Gasteiger partial charge on any atom is -0.309 e. The fraction of sp³-hybridized carbons (Fsp3) is 0.450. The highest BCUT2D eigenvalue weighted by atomic mass is 32.1. The number of nitrogens with zero attached hydrogens (tertiary/aromatic N) is 4. The van der Waals surface area contributed by atoms with Crippen LogP contribution < -0.4 is 5.32 Å². The molecular formula is C20H27N5S. The molecule has 2 heterocycles. The first-order valence-electron chi connectivity index (χ1n) is 9.34. The Labute approximate surface area is 159 Å². The van der Waals surface area contributed by atoms with Crippen LogP contribution in [0.15, 0.2) is 47.8 Å². The van der Waals surface area contributed by atoms with Crippen LogP contribution in [-0.2, 0) is 6.54 Å². The molecule has 0 aliphatic rings. The van der Waals surface area contributed by atoms with Gasteiger partial charge in [-0.25, -0.2) is 0 Å². The minimum absolute atomic E-state index is 0.459. The maximum atomic E-state index is 4.46. The second-order valence-corrected chi connectivity index (χ2v) is 7.81. The third kappa shape index (κ3) is 5.22. The van der Waals surface area contributed by atoms with Gasteiger partial charge in [-0.2, -0.15) is 4.80 Å². The second-order valence-electron chi connectivity index (χ2n) is 6.83. The highest BCUT2D eigenvalue weighted by Gasteiger charge is 2.15. The SMILES string of the molecule is CC(C)C(NCCCCCn1nnc(-c2ccccc2)n1)c1cccs1. The monoisotopic (exact) mass is 369 g/mol. The largest absolute Gasteiger partial charge is 0.309 e. The molecule has 0 aliphatic heterocycles. The summed E-state index contributed by atoms with van der Waals surface area (Å²) in [5.41, 5.74) is 1.01. The van der Waals surface area contributed by atoms with Gasteiger partial charge in [0, 0.05) is 16.5 Å². The van der Waals surface area contributed by atoms with Crippen molar-refractivity contribution < 1.29 is 0 Å². The van der Waals surface area contributed by atoms with E-state index in [2.05, 4.69) is 52.1 Å². The number of thiophene rings is 1. The van der Waals surface area contributed by atoms with Crippen molar-refractivity contribution in [1.29, 1.82) is 0 Å². The zero-order chi connectivity index (χ0) is 18.2.